The minimum Gasteiger partial charge on any atom is -0.478 e. The number of nitrogen functional groups attached to an aromatic ring is 1. The van der Waals surface area contributed by atoms with Crippen LogP contribution in [0.5, 0.6) is 5.75 Å². The normalized spacial score (nSPS) is 18.1. The molecule has 0 fully saturated rings. The summed E-state index contributed by atoms with van der Waals surface area (Å²) in [6.45, 7) is 6.87. The Kier molecular flexibility index (Phi) is 4.53. The van der Waals surface area contributed by atoms with Crippen molar-refractivity contribution in [2.45, 2.75) is 46.1 Å². The van der Waals surface area contributed by atoms with Gasteiger partial charge in [-0.15, -0.1) is 0 Å². The van der Waals surface area contributed by atoms with Crippen LogP contribution in [0.15, 0.2) is 18.2 Å². The summed E-state index contributed by atoms with van der Waals surface area (Å²) in [7, 11) is 0. The Balaban J connectivity index is 2.33. The number of carbonyl (C=O) groups is 1. The molecule has 1 aliphatic heterocycles. The van der Waals surface area contributed by atoms with Crippen LogP contribution >= 0.6 is 0 Å². The molecule has 1 atom stereocenters. The number of para-hydroxylation sites is 1. The summed E-state index contributed by atoms with van der Waals surface area (Å²) in [6.07, 6.45) is 2.81. The molecule has 4 heteroatoms. The van der Waals surface area contributed by atoms with Crippen LogP contribution in [-0.2, 0) is 4.79 Å². The predicted octanol–water partition coefficient (Wildman–Crippen LogP) is 3.21. The van der Waals surface area contributed by atoms with Crippen molar-refractivity contribution in [1.29, 1.82) is 0 Å². The van der Waals surface area contributed by atoms with Crippen molar-refractivity contribution in [2.24, 2.45) is 5.92 Å². The Morgan fingerprint density at radius 2 is 2.10 bits per heavy atom. The summed E-state index contributed by atoms with van der Waals surface area (Å²) in [5.41, 5.74) is 7.39. The third kappa shape index (κ3) is 2.74. The molecule has 2 rings (SSSR count). The van der Waals surface area contributed by atoms with Gasteiger partial charge in [0.2, 0.25) is 0 Å². The van der Waals surface area contributed by atoms with Crippen LogP contribution in [0.25, 0.3) is 0 Å². The zero-order valence-corrected chi connectivity index (χ0v) is 12.6. The lowest BCUT2D eigenvalue weighted by atomic mass is 10.0. The number of nitrogens with zero attached hydrogens (tertiary/aromatic N) is 1. The van der Waals surface area contributed by atoms with E-state index in [0.717, 1.165) is 30.7 Å². The first-order valence-electron chi connectivity index (χ1n) is 7.42. The number of ether oxygens (including phenoxy) is 1. The van der Waals surface area contributed by atoms with E-state index in [1.165, 1.54) is 0 Å². The largest absolute Gasteiger partial charge is 0.478 e. The number of anilines is 2. The Bertz CT molecular complexity index is 485. The molecule has 0 bridgehead atoms. The molecular weight excluding hydrogens is 252 g/mol. The molecule has 0 radical (unpaired) electrons. The zero-order valence-electron chi connectivity index (χ0n) is 12.6. The van der Waals surface area contributed by atoms with Crippen LogP contribution in [0.4, 0.5) is 11.4 Å². The van der Waals surface area contributed by atoms with Gasteiger partial charge in [0, 0.05) is 6.54 Å². The summed E-state index contributed by atoms with van der Waals surface area (Å²) >= 11 is 0. The molecule has 0 aliphatic carbocycles. The van der Waals surface area contributed by atoms with Crippen molar-refractivity contribution in [3.63, 3.8) is 0 Å². The maximum atomic E-state index is 12.6. The predicted molar refractivity (Wildman–Crippen MR) is 82.0 cm³/mol. The van der Waals surface area contributed by atoms with Gasteiger partial charge in [-0.1, -0.05) is 39.7 Å². The lowest BCUT2D eigenvalue weighted by Crippen LogP contribution is -2.49. The fraction of sp³-hybridized carbons (Fsp3) is 0.562. The summed E-state index contributed by atoms with van der Waals surface area (Å²) in [5, 5.41) is 0. The van der Waals surface area contributed by atoms with Gasteiger partial charge in [-0.05, 0) is 24.5 Å². The second kappa shape index (κ2) is 6.16. The smallest absolute Gasteiger partial charge is 0.268 e. The van der Waals surface area contributed by atoms with Crippen molar-refractivity contribution in [3.8, 4) is 5.75 Å². The second-order valence-electron chi connectivity index (χ2n) is 5.67. The Hall–Kier alpha value is -1.71. The highest BCUT2D eigenvalue weighted by Crippen LogP contribution is 2.40. The highest BCUT2D eigenvalue weighted by molar-refractivity contribution is 6.03. The molecule has 1 aromatic rings. The molecule has 110 valence electrons. The van der Waals surface area contributed by atoms with E-state index >= 15 is 0 Å². The van der Waals surface area contributed by atoms with Gasteiger partial charge >= 0.3 is 0 Å². The van der Waals surface area contributed by atoms with Gasteiger partial charge < -0.3 is 15.4 Å². The lowest BCUT2D eigenvalue weighted by Gasteiger charge is -2.36. The topological polar surface area (TPSA) is 55.6 Å². The first kappa shape index (κ1) is 14.7. The minimum atomic E-state index is -0.411. The van der Waals surface area contributed by atoms with Crippen LogP contribution in [0, 0.1) is 5.92 Å². The van der Waals surface area contributed by atoms with Crippen molar-refractivity contribution < 1.29 is 9.53 Å². The van der Waals surface area contributed by atoms with Gasteiger partial charge in [-0.2, -0.15) is 0 Å². The van der Waals surface area contributed by atoms with E-state index in [9.17, 15) is 4.79 Å². The van der Waals surface area contributed by atoms with Gasteiger partial charge in [0.05, 0.1) is 5.69 Å². The van der Waals surface area contributed by atoms with Gasteiger partial charge in [0.1, 0.15) is 11.4 Å². The average molecular weight is 276 g/mol. The molecule has 0 aromatic heterocycles. The molecular formula is C16H24N2O2. The quantitative estimate of drug-likeness (QED) is 0.663. The van der Waals surface area contributed by atoms with Crippen LogP contribution in [-0.4, -0.2) is 18.6 Å². The van der Waals surface area contributed by atoms with E-state index in [-0.39, 0.29) is 11.8 Å². The van der Waals surface area contributed by atoms with Crippen molar-refractivity contribution in [1.82, 2.24) is 0 Å². The number of hydrogen-bond acceptors (Lipinski definition) is 3. The Labute approximate surface area is 120 Å². The monoisotopic (exact) mass is 276 g/mol. The molecule has 1 aromatic carbocycles. The first-order valence-corrected chi connectivity index (χ1v) is 7.42. The average Bonchev–Trinajstić information content (AvgIpc) is 2.41. The fourth-order valence-electron chi connectivity index (χ4n) is 2.54. The van der Waals surface area contributed by atoms with Gasteiger partial charge in [0.15, 0.2) is 6.10 Å². The van der Waals surface area contributed by atoms with E-state index in [2.05, 4.69) is 6.92 Å². The summed E-state index contributed by atoms with van der Waals surface area (Å²) in [5.74, 6) is 0.895. The molecule has 1 heterocycles. The number of unbranched alkanes of at least 4 members (excludes halogenated alkanes) is 2. The SMILES string of the molecule is CCCCCN1C(=O)C(C(C)C)Oc2cccc(N)c21. The molecule has 1 aliphatic rings. The minimum absolute atomic E-state index is 0.0292. The lowest BCUT2D eigenvalue weighted by molar-refractivity contribution is -0.128. The first-order chi connectivity index (χ1) is 9.56. The van der Waals surface area contributed by atoms with Crippen LogP contribution in [0.3, 0.4) is 0 Å². The number of fused-ring (bicyclic) bond motifs is 1. The Morgan fingerprint density at radius 1 is 1.35 bits per heavy atom. The van der Waals surface area contributed by atoms with E-state index in [4.69, 9.17) is 10.5 Å². The zero-order chi connectivity index (χ0) is 14.7. The number of amides is 1. The molecule has 2 N–H and O–H groups in total. The van der Waals surface area contributed by atoms with Crippen LogP contribution < -0.4 is 15.4 Å². The summed E-state index contributed by atoms with van der Waals surface area (Å²) < 4.78 is 5.85. The number of hydrogen-bond donors (Lipinski definition) is 1. The molecule has 20 heavy (non-hydrogen) atoms. The third-order valence-corrected chi connectivity index (χ3v) is 3.65. The standard InChI is InChI=1S/C16H24N2O2/c1-4-5-6-10-18-14-12(17)8-7-9-13(14)20-15(11(2)3)16(18)19/h7-9,11,15H,4-6,10,17H2,1-3H3. The molecule has 0 saturated heterocycles. The number of nitrogens with two attached hydrogens (primary N) is 1. The second-order valence-corrected chi connectivity index (χ2v) is 5.67. The number of rotatable bonds is 5. The van der Waals surface area contributed by atoms with Crippen molar-refractivity contribution in [3.05, 3.63) is 18.2 Å². The highest BCUT2D eigenvalue weighted by atomic mass is 16.5. The summed E-state index contributed by atoms with van der Waals surface area (Å²) in [4.78, 5) is 14.4. The molecule has 1 unspecified atom stereocenters. The van der Waals surface area contributed by atoms with Crippen LogP contribution in [0.2, 0.25) is 0 Å². The van der Waals surface area contributed by atoms with E-state index in [0.29, 0.717) is 12.2 Å². The number of benzene rings is 1. The third-order valence-electron chi connectivity index (χ3n) is 3.65. The highest BCUT2D eigenvalue weighted by Gasteiger charge is 2.36. The maximum absolute atomic E-state index is 12.6. The molecule has 0 spiro atoms. The van der Waals surface area contributed by atoms with Crippen molar-refractivity contribution >= 4 is 17.3 Å². The van der Waals surface area contributed by atoms with E-state index < -0.39 is 6.10 Å². The Morgan fingerprint density at radius 3 is 2.75 bits per heavy atom. The number of carbonyl (C=O) groups excluding carboxylic acids is 1. The van der Waals surface area contributed by atoms with Crippen molar-refractivity contribution in [2.75, 3.05) is 17.2 Å². The van der Waals surface area contributed by atoms with Gasteiger partial charge in [0.25, 0.3) is 5.91 Å². The van der Waals surface area contributed by atoms with Gasteiger partial charge in [-0.25, -0.2) is 0 Å². The fourth-order valence-corrected chi connectivity index (χ4v) is 2.54. The van der Waals surface area contributed by atoms with Crippen LogP contribution in [0.1, 0.15) is 40.0 Å². The molecule has 4 nitrogen and oxygen atoms in total. The van der Waals surface area contributed by atoms with E-state index in [1.54, 1.807) is 0 Å². The van der Waals surface area contributed by atoms with E-state index in [1.807, 2.05) is 36.9 Å². The maximum Gasteiger partial charge on any atom is 0.268 e. The molecule has 1 amide bonds. The van der Waals surface area contributed by atoms with Gasteiger partial charge in [-0.3, -0.25) is 4.79 Å². The molecule has 0 saturated carbocycles. The summed E-state index contributed by atoms with van der Waals surface area (Å²) in [6, 6.07) is 5.57.